The molecule has 102 valence electrons. The quantitative estimate of drug-likeness (QED) is 0.782. The fourth-order valence-electron chi connectivity index (χ4n) is 1.59. The molecule has 0 saturated carbocycles. The van der Waals surface area contributed by atoms with E-state index in [2.05, 4.69) is 0 Å². The molecule has 0 bridgehead atoms. The highest BCUT2D eigenvalue weighted by Crippen LogP contribution is 2.19. The van der Waals surface area contributed by atoms with Gasteiger partial charge in [0.1, 0.15) is 0 Å². The average Bonchev–Trinajstić information content (AvgIpc) is 2.24. The largest absolute Gasteiger partial charge is 0.399 e. The van der Waals surface area contributed by atoms with E-state index in [1.807, 2.05) is 0 Å². The highest BCUT2D eigenvalue weighted by Gasteiger charge is 2.21. The van der Waals surface area contributed by atoms with E-state index in [1.165, 1.54) is 17.4 Å². The number of aryl methyl sites for hydroxylation is 1. The van der Waals surface area contributed by atoms with Gasteiger partial charge >= 0.3 is 0 Å². The number of hydrogen-bond acceptors (Lipinski definition) is 4. The van der Waals surface area contributed by atoms with Crippen LogP contribution in [-0.2, 0) is 10.0 Å². The fraction of sp³-hybridized carbons (Fsp3) is 0.500. The van der Waals surface area contributed by atoms with Crippen LogP contribution < -0.4 is 5.73 Å². The zero-order valence-corrected chi connectivity index (χ0v) is 11.7. The third-order valence-corrected chi connectivity index (χ3v) is 4.48. The Morgan fingerprint density at radius 1 is 1.39 bits per heavy atom. The minimum Gasteiger partial charge on any atom is -0.399 e. The van der Waals surface area contributed by atoms with Gasteiger partial charge in [0.25, 0.3) is 0 Å². The standard InChI is InChI=1S/C12H20N2O3S/c1-9-6-11(13)8-12(7-9)18(16,17)14(3)5-4-10(2)15/h6-8,10,15H,4-5,13H2,1-3H3. The number of nitrogens with zero attached hydrogens (tertiary/aromatic N) is 1. The Labute approximate surface area is 108 Å². The van der Waals surface area contributed by atoms with Crippen LogP contribution in [0.2, 0.25) is 0 Å². The maximum atomic E-state index is 12.2. The van der Waals surface area contributed by atoms with Gasteiger partial charge in [-0.3, -0.25) is 0 Å². The van der Waals surface area contributed by atoms with Crippen LogP contribution in [0.4, 0.5) is 5.69 Å². The summed E-state index contributed by atoms with van der Waals surface area (Å²) in [6.45, 7) is 3.70. The second kappa shape index (κ2) is 5.69. The number of anilines is 1. The molecule has 1 atom stereocenters. The average molecular weight is 272 g/mol. The molecule has 6 heteroatoms. The van der Waals surface area contributed by atoms with Crippen LogP contribution in [0.1, 0.15) is 18.9 Å². The zero-order chi connectivity index (χ0) is 13.9. The Morgan fingerprint density at radius 2 is 2.00 bits per heavy atom. The molecule has 1 aromatic rings. The van der Waals surface area contributed by atoms with Gasteiger partial charge in [0.15, 0.2) is 0 Å². The molecule has 0 saturated heterocycles. The number of hydrogen-bond donors (Lipinski definition) is 2. The van der Waals surface area contributed by atoms with Crippen molar-refractivity contribution >= 4 is 15.7 Å². The smallest absolute Gasteiger partial charge is 0.242 e. The lowest BCUT2D eigenvalue weighted by Crippen LogP contribution is -2.29. The Balaban J connectivity index is 2.98. The molecule has 3 N–H and O–H groups in total. The van der Waals surface area contributed by atoms with E-state index in [1.54, 1.807) is 26.0 Å². The molecule has 1 unspecified atom stereocenters. The topological polar surface area (TPSA) is 83.6 Å². The van der Waals surface area contributed by atoms with Crippen LogP contribution in [0.15, 0.2) is 23.1 Å². The van der Waals surface area contributed by atoms with Gasteiger partial charge in [0.05, 0.1) is 11.0 Å². The van der Waals surface area contributed by atoms with Gasteiger partial charge in [0.2, 0.25) is 10.0 Å². The first-order valence-corrected chi connectivity index (χ1v) is 7.19. The summed E-state index contributed by atoms with van der Waals surface area (Å²) in [4.78, 5) is 0.188. The van der Waals surface area contributed by atoms with Crippen molar-refractivity contribution in [2.45, 2.75) is 31.3 Å². The number of rotatable bonds is 5. The van der Waals surface area contributed by atoms with Gasteiger partial charge in [-0.05, 0) is 44.0 Å². The molecular formula is C12H20N2O3S. The maximum absolute atomic E-state index is 12.2. The van der Waals surface area contributed by atoms with E-state index >= 15 is 0 Å². The van der Waals surface area contributed by atoms with Crippen LogP contribution in [0.5, 0.6) is 0 Å². The fourth-order valence-corrected chi connectivity index (χ4v) is 2.92. The number of nitrogen functional groups attached to an aromatic ring is 1. The number of nitrogens with two attached hydrogens (primary N) is 1. The number of sulfonamides is 1. The molecule has 0 aliphatic heterocycles. The molecule has 1 aromatic carbocycles. The first-order valence-electron chi connectivity index (χ1n) is 5.75. The summed E-state index contributed by atoms with van der Waals surface area (Å²) >= 11 is 0. The Kier molecular flexibility index (Phi) is 4.72. The molecule has 0 spiro atoms. The van der Waals surface area contributed by atoms with Crippen molar-refractivity contribution in [1.29, 1.82) is 0 Å². The summed E-state index contributed by atoms with van der Waals surface area (Å²) in [5.41, 5.74) is 6.89. The second-order valence-corrected chi connectivity index (χ2v) is 6.59. The van der Waals surface area contributed by atoms with Crippen molar-refractivity contribution in [2.75, 3.05) is 19.3 Å². The lowest BCUT2D eigenvalue weighted by Gasteiger charge is -2.18. The zero-order valence-electron chi connectivity index (χ0n) is 10.9. The van der Waals surface area contributed by atoms with E-state index in [9.17, 15) is 13.5 Å². The molecule has 0 amide bonds. The van der Waals surface area contributed by atoms with Gasteiger partial charge in [0, 0.05) is 19.3 Å². The van der Waals surface area contributed by atoms with Gasteiger partial charge in [-0.15, -0.1) is 0 Å². The second-order valence-electron chi connectivity index (χ2n) is 4.54. The van der Waals surface area contributed by atoms with Crippen molar-refractivity contribution in [3.8, 4) is 0 Å². The molecule has 0 fully saturated rings. The maximum Gasteiger partial charge on any atom is 0.242 e. The molecule has 0 aromatic heterocycles. The normalized spacial score (nSPS) is 13.8. The molecule has 0 aliphatic rings. The first-order chi connectivity index (χ1) is 8.23. The highest BCUT2D eigenvalue weighted by molar-refractivity contribution is 7.89. The minimum absolute atomic E-state index is 0.188. The van der Waals surface area contributed by atoms with Crippen molar-refractivity contribution in [3.05, 3.63) is 23.8 Å². The summed E-state index contributed by atoms with van der Waals surface area (Å²) < 4.78 is 25.7. The van der Waals surface area contributed by atoms with Crippen molar-refractivity contribution in [3.63, 3.8) is 0 Å². The summed E-state index contributed by atoms with van der Waals surface area (Å²) in [5.74, 6) is 0. The summed E-state index contributed by atoms with van der Waals surface area (Å²) in [7, 11) is -2.04. The molecule has 0 radical (unpaired) electrons. The third-order valence-electron chi connectivity index (χ3n) is 2.64. The van der Waals surface area contributed by atoms with Crippen molar-refractivity contribution in [2.24, 2.45) is 0 Å². The Morgan fingerprint density at radius 3 is 2.50 bits per heavy atom. The summed E-state index contributed by atoms with van der Waals surface area (Å²) in [6, 6.07) is 4.75. The molecule has 0 aliphatic carbocycles. The molecule has 1 rings (SSSR count). The van der Waals surface area contributed by atoms with Gasteiger partial charge in [-0.1, -0.05) is 0 Å². The van der Waals surface area contributed by atoms with Crippen LogP contribution in [0, 0.1) is 6.92 Å². The van der Waals surface area contributed by atoms with Gasteiger partial charge in [-0.2, -0.15) is 0 Å². The van der Waals surface area contributed by atoms with E-state index in [-0.39, 0.29) is 11.4 Å². The summed E-state index contributed by atoms with van der Waals surface area (Å²) in [6.07, 6.45) is -0.123. The van der Waals surface area contributed by atoms with Crippen LogP contribution in [0.3, 0.4) is 0 Å². The first kappa shape index (κ1) is 14.9. The third kappa shape index (κ3) is 3.69. The molecule has 0 heterocycles. The lowest BCUT2D eigenvalue weighted by atomic mass is 10.2. The molecular weight excluding hydrogens is 252 g/mol. The van der Waals surface area contributed by atoms with Crippen molar-refractivity contribution < 1.29 is 13.5 Å². The Bertz CT molecular complexity index is 492. The summed E-state index contributed by atoms with van der Waals surface area (Å²) in [5, 5.41) is 9.18. The van der Waals surface area contributed by atoms with Crippen LogP contribution in [0.25, 0.3) is 0 Å². The number of aliphatic hydroxyl groups is 1. The minimum atomic E-state index is -3.54. The SMILES string of the molecule is Cc1cc(N)cc(S(=O)(=O)N(C)CCC(C)O)c1. The van der Waals surface area contributed by atoms with Crippen molar-refractivity contribution in [1.82, 2.24) is 4.31 Å². The van der Waals surface area contributed by atoms with E-state index in [4.69, 9.17) is 5.73 Å². The van der Waals surface area contributed by atoms with Crippen LogP contribution in [-0.4, -0.2) is 37.5 Å². The van der Waals surface area contributed by atoms with E-state index in [0.717, 1.165) is 5.56 Å². The van der Waals surface area contributed by atoms with Gasteiger partial charge < -0.3 is 10.8 Å². The van der Waals surface area contributed by atoms with E-state index in [0.29, 0.717) is 12.1 Å². The number of aliphatic hydroxyl groups excluding tert-OH is 1. The lowest BCUT2D eigenvalue weighted by molar-refractivity contribution is 0.177. The number of benzene rings is 1. The van der Waals surface area contributed by atoms with E-state index < -0.39 is 16.1 Å². The molecule has 18 heavy (non-hydrogen) atoms. The molecule has 5 nitrogen and oxygen atoms in total. The Hall–Kier alpha value is -1.11. The monoisotopic (exact) mass is 272 g/mol. The predicted molar refractivity (Wildman–Crippen MR) is 71.7 cm³/mol. The predicted octanol–water partition coefficient (Wildman–Crippen LogP) is 0.969. The highest BCUT2D eigenvalue weighted by atomic mass is 32.2. The van der Waals surface area contributed by atoms with Crippen LogP contribution >= 0.6 is 0 Å². The van der Waals surface area contributed by atoms with Gasteiger partial charge in [-0.25, -0.2) is 12.7 Å².